The van der Waals surface area contributed by atoms with Crippen LogP contribution in [0.15, 0.2) is 42.5 Å². The van der Waals surface area contributed by atoms with Gasteiger partial charge >= 0.3 is 12.1 Å². The molecule has 2 aromatic carbocycles. The van der Waals surface area contributed by atoms with Gasteiger partial charge in [0, 0.05) is 20.0 Å². The molecule has 1 heterocycles. The van der Waals surface area contributed by atoms with Crippen molar-refractivity contribution in [2.75, 3.05) is 13.6 Å². The fraction of sp³-hybridized carbons (Fsp3) is 0.545. The minimum atomic E-state index is -1.19. The van der Waals surface area contributed by atoms with E-state index in [0.717, 1.165) is 16.3 Å². The molecule has 44 heavy (non-hydrogen) atoms. The van der Waals surface area contributed by atoms with Crippen LogP contribution in [-0.2, 0) is 30.3 Å². The Bertz CT molecular complexity index is 1390. The van der Waals surface area contributed by atoms with Crippen LogP contribution in [0.4, 0.5) is 4.79 Å². The van der Waals surface area contributed by atoms with Crippen LogP contribution in [0.2, 0.25) is 0 Å². The highest BCUT2D eigenvalue weighted by molar-refractivity contribution is 5.95. The van der Waals surface area contributed by atoms with Gasteiger partial charge in [0.15, 0.2) is 0 Å². The summed E-state index contributed by atoms with van der Waals surface area (Å²) in [6.45, 7) is 12.4. The topological polar surface area (TPSA) is 145 Å². The highest BCUT2D eigenvalue weighted by Gasteiger charge is 2.43. The lowest BCUT2D eigenvalue weighted by molar-refractivity contribution is -0.146. The van der Waals surface area contributed by atoms with Crippen LogP contribution in [0.1, 0.15) is 66.9 Å². The summed E-state index contributed by atoms with van der Waals surface area (Å²) in [4.78, 5) is 67.9. The molecule has 4 amide bonds. The van der Waals surface area contributed by atoms with E-state index in [1.807, 2.05) is 42.5 Å². The van der Waals surface area contributed by atoms with E-state index in [1.54, 1.807) is 41.5 Å². The molecule has 0 aromatic heterocycles. The zero-order valence-corrected chi connectivity index (χ0v) is 27.0. The lowest BCUT2D eigenvalue weighted by Crippen LogP contribution is -2.60. The fourth-order valence-electron chi connectivity index (χ4n) is 5.12. The number of carboxylic acid groups (broad SMARTS) is 1. The van der Waals surface area contributed by atoms with Crippen LogP contribution in [0.5, 0.6) is 0 Å². The Hall–Kier alpha value is -4.15. The number of aliphatic carboxylic acids is 1. The third-order valence-electron chi connectivity index (χ3n) is 7.75. The SMILES string of the molecule is C[C@@H](C(=O)N[C@H](C(=O)N1CCC[C@H]1C(=O)N[C@@H](Cc1ccc2ccccc2c1)C(=O)O)C(C)(C)C)N(C)C(=O)OC(C)(C)C. The molecule has 2 aromatic rings. The maximum atomic E-state index is 13.9. The number of carbonyl (C=O) groups excluding carboxylic acids is 4. The van der Waals surface area contributed by atoms with Crippen LogP contribution in [0.25, 0.3) is 10.8 Å². The predicted molar refractivity (Wildman–Crippen MR) is 167 cm³/mol. The lowest BCUT2D eigenvalue weighted by Gasteiger charge is -2.37. The zero-order chi connectivity index (χ0) is 33.0. The number of carboxylic acids is 1. The van der Waals surface area contributed by atoms with Crippen molar-refractivity contribution in [1.29, 1.82) is 0 Å². The minimum Gasteiger partial charge on any atom is -0.480 e. The Morgan fingerprint density at radius 1 is 1.00 bits per heavy atom. The maximum Gasteiger partial charge on any atom is 0.410 e. The summed E-state index contributed by atoms with van der Waals surface area (Å²) in [6, 6.07) is 9.37. The molecule has 1 aliphatic rings. The lowest BCUT2D eigenvalue weighted by atomic mass is 9.85. The van der Waals surface area contributed by atoms with Gasteiger partial charge in [0.1, 0.15) is 29.8 Å². The normalized spacial score (nSPS) is 17.4. The van der Waals surface area contributed by atoms with Crippen molar-refractivity contribution < 1.29 is 33.8 Å². The second-order valence-electron chi connectivity index (χ2n) is 13.5. The number of likely N-dealkylation sites (tertiary alicyclic amines) is 1. The molecule has 1 aliphatic heterocycles. The number of fused-ring (bicyclic) bond motifs is 1. The maximum absolute atomic E-state index is 13.9. The number of ether oxygens (including phenoxy) is 1. The molecule has 11 heteroatoms. The molecule has 4 atom stereocenters. The van der Waals surface area contributed by atoms with Crippen molar-refractivity contribution in [2.45, 2.75) is 97.5 Å². The van der Waals surface area contributed by atoms with Crippen LogP contribution < -0.4 is 10.6 Å². The third kappa shape index (κ3) is 8.70. The number of hydrogen-bond donors (Lipinski definition) is 3. The number of likely N-dealkylation sites (N-methyl/N-ethyl adjacent to an activating group) is 1. The predicted octanol–water partition coefficient (Wildman–Crippen LogP) is 3.73. The van der Waals surface area contributed by atoms with Crippen molar-refractivity contribution >= 4 is 40.6 Å². The number of nitrogens with one attached hydrogen (secondary N) is 2. The smallest absolute Gasteiger partial charge is 0.410 e. The van der Waals surface area contributed by atoms with E-state index in [2.05, 4.69) is 10.6 Å². The molecular formula is C33H46N4O7. The number of benzene rings is 2. The highest BCUT2D eigenvalue weighted by atomic mass is 16.6. The molecule has 3 rings (SSSR count). The van der Waals surface area contributed by atoms with Gasteiger partial charge in [-0.25, -0.2) is 9.59 Å². The molecule has 240 valence electrons. The standard InChI is InChI=1S/C33H46N4O7/c1-20(36(8)31(43)44-33(5,6)7)27(38)35-26(32(2,3)4)29(40)37-17-11-14-25(37)28(39)34-24(30(41)42)19-21-15-16-22-12-9-10-13-23(22)18-21/h9-10,12-13,15-16,18,20,24-26H,11,14,17,19H2,1-8H3,(H,34,39)(H,35,38)(H,41,42)/t20-,24-,25-,26+/m0/s1. The van der Waals surface area contributed by atoms with Gasteiger partial charge in [0.2, 0.25) is 17.7 Å². The molecule has 0 aliphatic carbocycles. The molecule has 1 fully saturated rings. The molecule has 0 unspecified atom stereocenters. The molecule has 0 saturated carbocycles. The summed E-state index contributed by atoms with van der Waals surface area (Å²) < 4.78 is 5.36. The average Bonchev–Trinajstić information content (AvgIpc) is 3.43. The summed E-state index contributed by atoms with van der Waals surface area (Å²) in [7, 11) is 1.45. The van der Waals surface area contributed by atoms with E-state index in [4.69, 9.17) is 4.74 Å². The van der Waals surface area contributed by atoms with Crippen molar-refractivity contribution in [2.24, 2.45) is 5.41 Å². The first kappa shape index (κ1) is 34.3. The van der Waals surface area contributed by atoms with Gasteiger partial charge in [-0.2, -0.15) is 0 Å². The molecule has 0 spiro atoms. The second-order valence-corrected chi connectivity index (χ2v) is 13.5. The van der Waals surface area contributed by atoms with Crippen LogP contribution in [0, 0.1) is 5.41 Å². The van der Waals surface area contributed by atoms with Crippen LogP contribution in [0.3, 0.4) is 0 Å². The number of carbonyl (C=O) groups is 5. The molecular weight excluding hydrogens is 564 g/mol. The summed E-state index contributed by atoms with van der Waals surface area (Å²) in [6.07, 6.45) is 0.319. The molecule has 1 saturated heterocycles. The average molecular weight is 611 g/mol. The van der Waals surface area contributed by atoms with Crippen molar-refractivity contribution in [3.05, 3.63) is 48.0 Å². The van der Waals surface area contributed by atoms with E-state index in [9.17, 15) is 29.1 Å². The molecule has 0 radical (unpaired) electrons. The van der Waals surface area contributed by atoms with Crippen molar-refractivity contribution in [1.82, 2.24) is 20.4 Å². The first-order valence-electron chi connectivity index (χ1n) is 15.0. The quantitative estimate of drug-likeness (QED) is 0.392. The van der Waals surface area contributed by atoms with Gasteiger partial charge in [-0.3, -0.25) is 19.3 Å². The molecule has 11 nitrogen and oxygen atoms in total. The third-order valence-corrected chi connectivity index (χ3v) is 7.75. The summed E-state index contributed by atoms with van der Waals surface area (Å²) in [5, 5.41) is 17.4. The number of amides is 4. The Labute approximate surface area is 259 Å². The van der Waals surface area contributed by atoms with E-state index >= 15 is 0 Å². The number of nitrogens with zero attached hydrogens (tertiary/aromatic N) is 2. The Kier molecular flexibility index (Phi) is 10.7. The van der Waals surface area contributed by atoms with Gasteiger partial charge in [-0.05, 0) is 62.3 Å². The first-order valence-corrected chi connectivity index (χ1v) is 15.0. The summed E-state index contributed by atoms with van der Waals surface area (Å²) in [5.41, 5.74) is -0.719. The summed E-state index contributed by atoms with van der Waals surface area (Å²) in [5.74, 6) is -2.73. The van der Waals surface area contributed by atoms with Gasteiger partial charge in [-0.1, -0.05) is 63.2 Å². The van der Waals surface area contributed by atoms with Crippen LogP contribution in [-0.4, -0.2) is 88.1 Å². The minimum absolute atomic E-state index is 0.0797. The monoisotopic (exact) mass is 610 g/mol. The Balaban J connectivity index is 1.73. The van der Waals surface area contributed by atoms with Gasteiger partial charge < -0.3 is 25.4 Å². The van der Waals surface area contributed by atoms with Crippen LogP contribution >= 0.6 is 0 Å². The van der Waals surface area contributed by atoms with E-state index in [0.29, 0.717) is 12.8 Å². The van der Waals surface area contributed by atoms with Gasteiger partial charge in [0.25, 0.3) is 0 Å². The number of hydrogen-bond acceptors (Lipinski definition) is 6. The van der Waals surface area contributed by atoms with Gasteiger partial charge in [0.05, 0.1) is 0 Å². The number of rotatable bonds is 9. The largest absolute Gasteiger partial charge is 0.480 e. The summed E-state index contributed by atoms with van der Waals surface area (Å²) >= 11 is 0. The molecule has 0 bridgehead atoms. The van der Waals surface area contributed by atoms with E-state index in [-0.39, 0.29) is 13.0 Å². The van der Waals surface area contributed by atoms with E-state index in [1.165, 1.54) is 23.8 Å². The fourth-order valence-corrected chi connectivity index (χ4v) is 5.12. The second kappa shape index (κ2) is 13.7. The van der Waals surface area contributed by atoms with Crippen molar-refractivity contribution in [3.63, 3.8) is 0 Å². The highest BCUT2D eigenvalue weighted by Crippen LogP contribution is 2.26. The zero-order valence-electron chi connectivity index (χ0n) is 27.0. The first-order chi connectivity index (χ1) is 20.4. The Morgan fingerprint density at radius 2 is 1.64 bits per heavy atom. The van der Waals surface area contributed by atoms with Gasteiger partial charge in [-0.15, -0.1) is 0 Å². The Morgan fingerprint density at radius 3 is 2.23 bits per heavy atom. The van der Waals surface area contributed by atoms with E-state index < -0.39 is 65.0 Å². The van der Waals surface area contributed by atoms with Crippen molar-refractivity contribution in [3.8, 4) is 0 Å². The molecule has 3 N–H and O–H groups in total.